The Bertz CT molecular complexity index is 631. The molecule has 0 aromatic carbocycles. The van der Waals surface area contributed by atoms with Crippen LogP contribution in [-0.4, -0.2) is 69.8 Å². The van der Waals surface area contributed by atoms with Crippen LogP contribution >= 0.6 is 11.3 Å². The number of rotatable bonds is 8. The highest BCUT2D eigenvalue weighted by Crippen LogP contribution is 2.13. The maximum Gasteiger partial charge on any atom is 0.194 e. The van der Waals surface area contributed by atoms with Crippen LogP contribution in [0.2, 0.25) is 0 Å². The maximum atomic E-state index is 4.83. The van der Waals surface area contributed by atoms with Crippen molar-refractivity contribution in [2.75, 3.05) is 39.3 Å². The molecule has 1 N–H and O–H groups in total. The molecule has 3 heterocycles. The van der Waals surface area contributed by atoms with E-state index in [0.29, 0.717) is 0 Å². The molecule has 1 saturated heterocycles. The van der Waals surface area contributed by atoms with Gasteiger partial charge in [-0.1, -0.05) is 6.07 Å². The van der Waals surface area contributed by atoms with Crippen molar-refractivity contribution in [1.29, 1.82) is 0 Å². The van der Waals surface area contributed by atoms with Crippen molar-refractivity contribution in [2.45, 2.75) is 32.9 Å². The fraction of sp³-hybridized carbons (Fsp3) is 0.611. The van der Waals surface area contributed by atoms with Crippen LogP contribution in [0.5, 0.6) is 0 Å². The molecule has 2 aromatic rings. The third-order valence-electron chi connectivity index (χ3n) is 4.52. The molecule has 0 unspecified atom stereocenters. The number of aryl methyl sites for hydroxylation is 1. The third-order valence-corrected chi connectivity index (χ3v) is 5.38. The zero-order chi connectivity index (χ0) is 18.0. The lowest BCUT2D eigenvalue weighted by Gasteiger charge is -2.36. The van der Waals surface area contributed by atoms with E-state index >= 15 is 0 Å². The van der Waals surface area contributed by atoms with Gasteiger partial charge in [-0.25, -0.2) is 0 Å². The van der Waals surface area contributed by atoms with Crippen molar-refractivity contribution in [3.8, 4) is 0 Å². The average molecular weight is 376 g/mol. The van der Waals surface area contributed by atoms with Crippen molar-refractivity contribution < 1.29 is 0 Å². The lowest BCUT2D eigenvalue weighted by atomic mass is 10.3. The topological polar surface area (TPSA) is 61.6 Å². The number of aromatic nitrogens is 3. The summed E-state index contributed by atoms with van der Waals surface area (Å²) in [5, 5.41) is 13.3. The van der Waals surface area contributed by atoms with Gasteiger partial charge >= 0.3 is 0 Å². The number of unbranched alkanes of at least 4 members (excludes halogenated alkanes) is 1. The monoisotopic (exact) mass is 375 g/mol. The molecule has 8 heteroatoms. The number of aliphatic imine (C=N–C) groups is 1. The molecule has 0 atom stereocenters. The molecular weight excluding hydrogens is 346 g/mol. The van der Waals surface area contributed by atoms with Crippen molar-refractivity contribution in [1.82, 2.24) is 29.9 Å². The van der Waals surface area contributed by atoms with Gasteiger partial charge in [0.1, 0.15) is 12.7 Å². The predicted octanol–water partition coefficient (Wildman–Crippen LogP) is 1.90. The highest BCUT2D eigenvalue weighted by atomic mass is 32.1. The van der Waals surface area contributed by atoms with Gasteiger partial charge in [0.05, 0.1) is 0 Å². The highest BCUT2D eigenvalue weighted by molar-refractivity contribution is 7.09. The first-order valence-electron chi connectivity index (χ1n) is 9.45. The van der Waals surface area contributed by atoms with E-state index in [-0.39, 0.29) is 0 Å². The van der Waals surface area contributed by atoms with E-state index in [1.165, 1.54) is 4.88 Å². The number of guanidine groups is 1. The van der Waals surface area contributed by atoms with E-state index in [0.717, 1.165) is 71.2 Å². The Morgan fingerprint density at radius 2 is 2.00 bits per heavy atom. The molecule has 1 aliphatic heterocycles. The molecule has 0 bridgehead atoms. The van der Waals surface area contributed by atoms with Crippen LogP contribution < -0.4 is 5.32 Å². The number of nitrogens with zero attached hydrogens (tertiary/aromatic N) is 6. The second-order valence-corrected chi connectivity index (χ2v) is 7.52. The molecule has 0 amide bonds. The smallest absolute Gasteiger partial charge is 0.194 e. The van der Waals surface area contributed by atoms with Gasteiger partial charge in [0.2, 0.25) is 0 Å². The lowest BCUT2D eigenvalue weighted by Crippen LogP contribution is -2.52. The fourth-order valence-corrected chi connectivity index (χ4v) is 3.84. The Hall–Kier alpha value is -1.93. The van der Waals surface area contributed by atoms with E-state index in [2.05, 4.69) is 49.8 Å². The standard InChI is InChI=1S/C18H29N7S/c1-2-19-18(20-7-3-4-8-24-15-21-22-16-24)25-11-9-23(10-12-25)14-17-6-5-13-26-17/h5-6,13,15-16H,2-4,7-12,14H2,1H3,(H,19,20). The molecular formula is C18H29N7S. The molecule has 0 radical (unpaired) electrons. The summed E-state index contributed by atoms with van der Waals surface area (Å²) in [5.41, 5.74) is 0. The summed E-state index contributed by atoms with van der Waals surface area (Å²) >= 11 is 1.85. The quantitative estimate of drug-likeness (QED) is 0.434. The summed E-state index contributed by atoms with van der Waals surface area (Å²) in [6.45, 7) is 10.2. The lowest BCUT2D eigenvalue weighted by molar-refractivity contribution is 0.173. The van der Waals surface area contributed by atoms with E-state index in [9.17, 15) is 0 Å². The molecule has 0 saturated carbocycles. The largest absolute Gasteiger partial charge is 0.357 e. The summed E-state index contributed by atoms with van der Waals surface area (Å²) in [5.74, 6) is 1.06. The van der Waals surface area contributed by atoms with Crippen LogP contribution in [0, 0.1) is 0 Å². The Balaban J connectivity index is 1.40. The van der Waals surface area contributed by atoms with Gasteiger partial charge < -0.3 is 14.8 Å². The maximum absolute atomic E-state index is 4.83. The van der Waals surface area contributed by atoms with Crippen LogP contribution in [0.1, 0.15) is 24.6 Å². The van der Waals surface area contributed by atoms with E-state index in [1.807, 2.05) is 15.9 Å². The van der Waals surface area contributed by atoms with E-state index in [4.69, 9.17) is 4.99 Å². The van der Waals surface area contributed by atoms with Gasteiger partial charge in [-0.15, -0.1) is 21.5 Å². The summed E-state index contributed by atoms with van der Waals surface area (Å²) in [6.07, 6.45) is 5.70. The van der Waals surface area contributed by atoms with Gasteiger partial charge in [0.25, 0.3) is 0 Å². The third kappa shape index (κ3) is 5.81. The van der Waals surface area contributed by atoms with Crippen LogP contribution in [0.4, 0.5) is 0 Å². The Morgan fingerprint density at radius 1 is 1.19 bits per heavy atom. The molecule has 2 aromatic heterocycles. The van der Waals surface area contributed by atoms with E-state index in [1.54, 1.807) is 12.7 Å². The van der Waals surface area contributed by atoms with Crippen LogP contribution in [0.3, 0.4) is 0 Å². The highest BCUT2D eigenvalue weighted by Gasteiger charge is 2.19. The van der Waals surface area contributed by atoms with Gasteiger partial charge in [-0.05, 0) is 31.2 Å². The zero-order valence-corrected chi connectivity index (χ0v) is 16.4. The Morgan fingerprint density at radius 3 is 2.69 bits per heavy atom. The zero-order valence-electron chi connectivity index (χ0n) is 15.5. The minimum atomic E-state index is 0.861. The molecule has 1 aliphatic rings. The molecule has 26 heavy (non-hydrogen) atoms. The molecule has 142 valence electrons. The van der Waals surface area contributed by atoms with Gasteiger partial charge in [-0.3, -0.25) is 9.89 Å². The van der Waals surface area contributed by atoms with E-state index < -0.39 is 0 Å². The first kappa shape index (κ1) is 18.8. The second kappa shape index (κ2) is 10.3. The summed E-state index contributed by atoms with van der Waals surface area (Å²) in [4.78, 5) is 11.2. The summed E-state index contributed by atoms with van der Waals surface area (Å²) in [6, 6.07) is 4.36. The first-order valence-corrected chi connectivity index (χ1v) is 10.3. The number of hydrogen-bond acceptors (Lipinski definition) is 5. The van der Waals surface area contributed by atoms with Crippen LogP contribution in [0.15, 0.2) is 35.2 Å². The van der Waals surface area contributed by atoms with Crippen molar-refractivity contribution >= 4 is 17.3 Å². The average Bonchev–Trinajstić information content (AvgIpc) is 3.35. The normalized spacial score (nSPS) is 16.2. The first-order chi connectivity index (χ1) is 12.8. The fourth-order valence-electron chi connectivity index (χ4n) is 3.10. The van der Waals surface area contributed by atoms with Crippen LogP contribution in [0.25, 0.3) is 0 Å². The second-order valence-electron chi connectivity index (χ2n) is 6.49. The van der Waals surface area contributed by atoms with Gasteiger partial charge in [0, 0.05) is 57.2 Å². The Kier molecular flexibility index (Phi) is 7.45. The number of piperazine rings is 1. The van der Waals surface area contributed by atoms with Crippen molar-refractivity contribution in [3.63, 3.8) is 0 Å². The van der Waals surface area contributed by atoms with Gasteiger partial charge in [-0.2, -0.15) is 0 Å². The van der Waals surface area contributed by atoms with Crippen molar-refractivity contribution in [2.24, 2.45) is 4.99 Å². The number of nitrogens with one attached hydrogen (secondary N) is 1. The van der Waals surface area contributed by atoms with Crippen LogP contribution in [-0.2, 0) is 13.1 Å². The molecule has 0 aliphatic carbocycles. The predicted molar refractivity (Wildman–Crippen MR) is 106 cm³/mol. The summed E-state index contributed by atoms with van der Waals surface area (Å²) in [7, 11) is 0. The summed E-state index contributed by atoms with van der Waals surface area (Å²) < 4.78 is 2.02. The molecule has 3 rings (SSSR count). The van der Waals surface area contributed by atoms with Gasteiger partial charge in [0.15, 0.2) is 5.96 Å². The Labute approximate surface area is 159 Å². The molecule has 1 fully saturated rings. The minimum absolute atomic E-state index is 0.861. The van der Waals surface area contributed by atoms with Crippen molar-refractivity contribution in [3.05, 3.63) is 35.0 Å². The molecule has 7 nitrogen and oxygen atoms in total. The number of thiophene rings is 1. The minimum Gasteiger partial charge on any atom is -0.357 e. The SMILES string of the molecule is CCNC(=NCCCCn1cnnc1)N1CCN(Cc2cccs2)CC1. The molecule has 0 spiro atoms. The number of hydrogen-bond donors (Lipinski definition) is 1.